The molecule has 2 rings (SSSR count). The molecule has 114 valence electrons. The number of amides is 1. The second-order valence-electron chi connectivity index (χ2n) is 5.11. The molecule has 1 aromatic rings. The van der Waals surface area contributed by atoms with Crippen LogP contribution < -0.4 is 9.47 Å². The van der Waals surface area contributed by atoms with Crippen LogP contribution in [0.1, 0.15) is 13.8 Å². The fourth-order valence-corrected chi connectivity index (χ4v) is 2.07. The van der Waals surface area contributed by atoms with Gasteiger partial charge in [0.1, 0.15) is 13.2 Å². The Morgan fingerprint density at radius 3 is 2.62 bits per heavy atom. The van der Waals surface area contributed by atoms with Crippen LogP contribution in [-0.2, 0) is 4.74 Å². The molecule has 5 nitrogen and oxygen atoms in total. The third-order valence-electron chi connectivity index (χ3n) is 3.16. The first kappa shape index (κ1) is 15.2. The van der Waals surface area contributed by atoms with Crippen molar-refractivity contribution in [3.63, 3.8) is 0 Å². The summed E-state index contributed by atoms with van der Waals surface area (Å²) >= 11 is 0. The zero-order valence-corrected chi connectivity index (χ0v) is 12.5. The number of hydrogen-bond donors (Lipinski definition) is 0. The average Bonchev–Trinajstić information content (AvgIpc) is 2.85. The van der Waals surface area contributed by atoms with Gasteiger partial charge in [-0.15, -0.1) is 0 Å². The Labute approximate surface area is 125 Å². The van der Waals surface area contributed by atoms with Gasteiger partial charge in [-0.1, -0.05) is 24.8 Å². The lowest BCUT2D eigenvalue weighted by molar-refractivity contribution is 0.101. The highest BCUT2D eigenvalue weighted by Gasteiger charge is 2.33. The van der Waals surface area contributed by atoms with E-state index in [9.17, 15) is 4.79 Å². The van der Waals surface area contributed by atoms with Crippen molar-refractivity contribution in [1.29, 1.82) is 0 Å². The third-order valence-corrected chi connectivity index (χ3v) is 3.16. The van der Waals surface area contributed by atoms with E-state index in [1.165, 1.54) is 0 Å². The quantitative estimate of drug-likeness (QED) is 0.725. The lowest BCUT2D eigenvalue weighted by Gasteiger charge is -2.17. The second-order valence-corrected chi connectivity index (χ2v) is 5.11. The molecule has 0 saturated carbocycles. The van der Waals surface area contributed by atoms with E-state index in [0.717, 1.165) is 0 Å². The van der Waals surface area contributed by atoms with Crippen LogP contribution in [0.3, 0.4) is 0 Å². The minimum Gasteiger partial charge on any atom is -0.486 e. The summed E-state index contributed by atoms with van der Waals surface area (Å²) in [6.07, 6.45) is 1.14. The first-order chi connectivity index (χ1) is 10.1. The van der Waals surface area contributed by atoms with Crippen molar-refractivity contribution in [2.45, 2.75) is 26.0 Å². The molecule has 0 spiro atoms. The van der Waals surface area contributed by atoms with Crippen LogP contribution in [0, 0.1) is 0 Å². The van der Waals surface area contributed by atoms with Gasteiger partial charge < -0.3 is 19.1 Å². The largest absolute Gasteiger partial charge is 0.486 e. The summed E-state index contributed by atoms with van der Waals surface area (Å²) in [7, 11) is 0. The molecule has 1 amide bonds. The summed E-state index contributed by atoms with van der Waals surface area (Å²) in [5, 5.41) is 0. The molecule has 0 N–H and O–H groups in total. The lowest BCUT2D eigenvalue weighted by Crippen LogP contribution is -2.32. The Kier molecular flexibility index (Phi) is 5.09. The minimum atomic E-state index is -0.283. The van der Waals surface area contributed by atoms with Crippen LogP contribution in [0.2, 0.25) is 0 Å². The Bertz CT molecular complexity index is 501. The van der Waals surface area contributed by atoms with Crippen molar-refractivity contribution >= 4 is 6.09 Å². The molecule has 0 aromatic heterocycles. The van der Waals surface area contributed by atoms with Gasteiger partial charge in [-0.3, -0.25) is 0 Å². The number of benzene rings is 1. The van der Waals surface area contributed by atoms with Gasteiger partial charge in [0.25, 0.3) is 0 Å². The molecule has 0 unspecified atom stereocenters. The predicted octanol–water partition coefficient (Wildman–Crippen LogP) is 2.86. The van der Waals surface area contributed by atoms with E-state index in [0.29, 0.717) is 31.3 Å². The molecule has 0 radical (unpaired) electrons. The first-order valence-corrected chi connectivity index (χ1v) is 7.04. The fourth-order valence-electron chi connectivity index (χ4n) is 2.07. The first-order valence-electron chi connectivity index (χ1n) is 7.04. The molecule has 21 heavy (non-hydrogen) atoms. The maximum atomic E-state index is 11.7. The lowest BCUT2D eigenvalue weighted by atomic mass is 10.3. The molecular formula is C16H21NO4. The maximum absolute atomic E-state index is 11.7. The molecule has 1 fully saturated rings. The highest BCUT2D eigenvalue weighted by molar-refractivity contribution is 5.70. The minimum absolute atomic E-state index is 0.130. The molecule has 1 aliphatic rings. The Morgan fingerprint density at radius 2 is 2.05 bits per heavy atom. The Balaban J connectivity index is 1.92. The Hall–Kier alpha value is -2.17. The van der Waals surface area contributed by atoms with E-state index < -0.39 is 0 Å². The molecule has 5 heteroatoms. The van der Waals surface area contributed by atoms with Gasteiger partial charge in [-0.05, 0) is 26.0 Å². The van der Waals surface area contributed by atoms with Gasteiger partial charge in [-0.2, -0.15) is 0 Å². The summed E-state index contributed by atoms with van der Waals surface area (Å²) < 4.78 is 16.5. The fraction of sp³-hybridized carbons (Fsp3) is 0.438. The molecule has 1 atom stereocenters. The number of cyclic esters (lactones) is 1. The number of para-hydroxylation sites is 2. The molecule has 1 aliphatic heterocycles. The summed E-state index contributed by atoms with van der Waals surface area (Å²) in [5.41, 5.74) is 0. The predicted molar refractivity (Wildman–Crippen MR) is 79.7 cm³/mol. The molecule has 0 aliphatic carbocycles. The van der Waals surface area contributed by atoms with Crippen LogP contribution >= 0.6 is 0 Å². The number of carbonyl (C=O) groups excluding carboxylic acids is 1. The van der Waals surface area contributed by atoms with Crippen LogP contribution in [-0.4, -0.2) is 42.9 Å². The number of carbonyl (C=O) groups is 1. The van der Waals surface area contributed by atoms with E-state index in [2.05, 4.69) is 6.58 Å². The van der Waals surface area contributed by atoms with Crippen molar-refractivity contribution in [3.05, 3.63) is 36.9 Å². The normalized spacial score (nSPS) is 17.8. The topological polar surface area (TPSA) is 48.0 Å². The van der Waals surface area contributed by atoms with Gasteiger partial charge in [0.15, 0.2) is 17.6 Å². The van der Waals surface area contributed by atoms with E-state index in [1.54, 1.807) is 11.0 Å². The van der Waals surface area contributed by atoms with Crippen LogP contribution in [0.5, 0.6) is 11.5 Å². The van der Waals surface area contributed by atoms with Crippen molar-refractivity contribution in [2.24, 2.45) is 0 Å². The molecule has 1 heterocycles. The number of ether oxygens (including phenoxy) is 3. The standard InChI is InChI=1S/C16H21NO4/c1-4-9-19-14-7-5-6-8-15(14)20-11-13-10-17(12(2)3)16(18)21-13/h4-8,12-13H,1,9-11H2,2-3H3/t13-/m1/s1. The van der Waals surface area contributed by atoms with Crippen LogP contribution in [0.15, 0.2) is 36.9 Å². The highest BCUT2D eigenvalue weighted by Crippen LogP contribution is 2.27. The Morgan fingerprint density at radius 1 is 1.38 bits per heavy atom. The number of hydrogen-bond acceptors (Lipinski definition) is 4. The van der Waals surface area contributed by atoms with Crippen LogP contribution in [0.4, 0.5) is 4.79 Å². The van der Waals surface area contributed by atoms with E-state index in [1.807, 2.05) is 38.1 Å². The van der Waals surface area contributed by atoms with E-state index in [4.69, 9.17) is 14.2 Å². The van der Waals surface area contributed by atoms with Crippen molar-refractivity contribution < 1.29 is 19.0 Å². The number of rotatable bonds is 7. The summed E-state index contributed by atoms with van der Waals surface area (Å²) in [6.45, 7) is 8.81. The van der Waals surface area contributed by atoms with E-state index >= 15 is 0 Å². The van der Waals surface area contributed by atoms with Gasteiger partial charge in [-0.25, -0.2) is 4.79 Å². The highest BCUT2D eigenvalue weighted by atomic mass is 16.6. The monoisotopic (exact) mass is 291 g/mol. The zero-order chi connectivity index (χ0) is 15.2. The number of nitrogens with zero attached hydrogens (tertiary/aromatic N) is 1. The third kappa shape index (κ3) is 3.90. The molecule has 0 bridgehead atoms. The second kappa shape index (κ2) is 7.02. The van der Waals surface area contributed by atoms with Crippen molar-refractivity contribution in [2.75, 3.05) is 19.8 Å². The van der Waals surface area contributed by atoms with Crippen molar-refractivity contribution in [1.82, 2.24) is 4.90 Å². The molecule has 1 aromatic carbocycles. The average molecular weight is 291 g/mol. The van der Waals surface area contributed by atoms with Crippen LogP contribution in [0.25, 0.3) is 0 Å². The summed E-state index contributed by atoms with van der Waals surface area (Å²) in [4.78, 5) is 13.3. The molecule has 1 saturated heterocycles. The maximum Gasteiger partial charge on any atom is 0.410 e. The molecular weight excluding hydrogens is 270 g/mol. The van der Waals surface area contributed by atoms with E-state index in [-0.39, 0.29) is 18.2 Å². The van der Waals surface area contributed by atoms with Gasteiger partial charge in [0.05, 0.1) is 6.54 Å². The summed E-state index contributed by atoms with van der Waals surface area (Å²) in [5.74, 6) is 1.29. The van der Waals surface area contributed by atoms with Crippen molar-refractivity contribution in [3.8, 4) is 11.5 Å². The van der Waals surface area contributed by atoms with Gasteiger partial charge in [0, 0.05) is 6.04 Å². The SMILES string of the molecule is C=CCOc1ccccc1OC[C@H]1CN(C(C)C)C(=O)O1. The summed E-state index contributed by atoms with van der Waals surface area (Å²) in [6, 6.07) is 7.54. The van der Waals surface area contributed by atoms with Gasteiger partial charge in [0.2, 0.25) is 0 Å². The zero-order valence-electron chi connectivity index (χ0n) is 12.5. The van der Waals surface area contributed by atoms with Gasteiger partial charge >= 0.3 is 6.09 Å². The smallest absolute Gasteiger partial charge is 0.410 e.